The molecule has 88 valence electrons. The molecule has 0 heterocycles. The van der Waals surface area contributed by atoms with E-state index in [1.54, 1.807) is 0 Å². The van der Waals surface area contributed by atoms with E-state index in [9.17, 15) is 0 Å². The lowest BCUT2D eigenvalue weighted by molar-refractivity contribution is 0.482. The van der Waals surface area contributed by atoms with Crippen molar-refractivity contribution in [2.45, 2.75) is 18.6 Å². The molecule has 0 saturated heterocycles. The molecule has 0 bridgehead atoms. The van der Waals surface area contributed by atoms with Gasteiger partial charge < -0.3 is 4.74 Å². The van der Waals surface area contributed by atoms with Gasteiger partial charge in [0.15, 0.2) is 0 Å². The van der Waals surface area contributed by atoms with Gasteiger partial charge in [-0.25, -0.2) is 0 Å². The maximum Gasteiger partial charge on any atom is 0.127 e. The van der Waals surface area contributed by atoms with Gasteiger partial charge in [0.05, 0.1) is 0 Å². The lowest BCUT2D eigenvalue weighted by Crippen LogP contribution is -1.97. The van der Waals surface area contributed by atoms with Crippen molar-refractivity contribution in [1.82, 2.24) is 0 Å². The first-order valence-electron chi connectivity index (χ1n) is 5.74. The summed E-state index contributed by atoms with van der Waals surface area (Å²) in [7, 11) is 0. The topological polar surface area (TPSA) is 9.23 Å². The van der Waals surface area contributed by atoms with Gasteiger partial charge in [-0.1, -0.05) is 37.3 Å². The Balaban J connectivity index is 2.11. The summed E-state index contributed by atoms with van der Waals surface area (Å²) in [6.45, 7) is 2.09. The molecule has 0 fully saturated rings. The fourth-order valence-corrected chi connectivity index (χ4v) is 1.91. The van der Waals surface area contributed by atoms with Gasteiger partial charge in [-0.05, 0) is 36.2 Å². The Kier molecular flexibility index (Phi) is 4.10. The minimum atomic E-state index is 0.363. The lowest BCUT2D eigenvalue weighted by atomic mass is 10.1. The molecule has 2 rings (SSSR count). The normalized spacial score (nSPS) is 12.1. The highest BCUT2D eigenvalue weighted by atomic mass is 32.1. The zero-order valence-electron chi connectivity index (χ0n) is 9.84. The summed E-state index contributed by atoms with van der Waals surface area (Å²) in [4.78, 5) is 0. The third-order valence-electron chi connectivity index (χ3n) is 2.41. The Hall–Kier alpha value is -1.41. The van der Waals surface area contributed by atoms with Crippen molar-refractivity contribution in [3.63, 3.8) is 0 Å². The Labute approximate surface area is 108 Å². The molecule has 0 saturated carbocycles. The summed E-state index contributed by atoms with van der Waals surface area (Å²) in [5.41, 5.74) is 1.25. The van der Waals surface area contributed by atoms with E-state index < -0.39 is 0 Å². The van der Waals surface area contributed by atoms with Crippen molar-refractivity contribution >= 4 is 12.6 Å². The van der Waals surface area contributed by atoms with Gasteiger partial charge in [0, 0.05) is 5.25 Å². The first kappa shape index (κ1) is 12.1. The van der Waals surface area contributed by atoms with Crippen LogP contribution in [0.2, 0.25) is 0 Å². The smallest absolute Gasteiger partial charge is 0.127 e. The van der Waals surface area contributed by atoms with E-state index in [1.165, 1.54) is 5.56 Å². The fraction of sp³-hybridized carbons (Fsp3) is 0.200. The average Bonchev–Trinajstić information content (AvgIpc) is 2.30. The quantitative estimate of drug-likeness (QED) is 0.787. The van der Waals surface area contributed by atoms with Crippen LogP contribution in [0.25, 0.3) is 0 Å². The molecule has 2 aromatic rings. The van der Waals surface area contributed by atoms with Crippen molar-refractivity contribution in [2.75, 3.05) is 0 Å². The van der Waals surface area contributed by atoms with Gasteiger partial charge in [-0.15, -0.1) is 0 Å². The maximum absolute atomic E-state index is 5.78. The first-order chi connectivity index (χ1) is 8.24. The highest BCUT2D eigenvalue weighted by Crippen LogP contribution is 2.22. The van der Waals surface area contributed by atoms with Gasteiger partial charge in [0.1, 0.15) is 11.5 Å². The summed E-state index contributed by atoms with van der Waals surface area (Å²) in [5.74, 6) is 1.74. The largest absolute Gasteiger partial charge is 0.457 e. The molecule has 0 radical (unpaired) electrons. The van der Waals surface area contributed by atoms with Crippen LogP contribution in [0.5, 0.6) is 11.5 Å². The second kappa shape index (κ2) is 5.78. The number of para-hydroxylation sites is 1. The van der Waals surface area contributed by atoms with Gasteiger partial charge in [-0.3, -0.25) is 0 Å². The summed E-state index contributed by atoms with van der Waals surface area (Å²) in [5, 5.41) is 0.363. The Morgan fingerprint density at radius 1 is 1.00 bits per heavy atom. The van der Waals surface area contributed by atoms with Crippen LogP contribution in [0.4, 0.5) is 0 Å². The predicted molar refractivity (Wildman–Crippen MR) is 75.1 cm³/mol. The Morgan fingerprint density at radius 2 is 1.71 bits per heavy atom. The summed E-state index contributed by atoms with van der Waals surface area (Å²) >= 11 is 4.40. The zero-order valence-corrected chi connectivity index (χ0v) is 10.7. The average molecular weight is 244 g/mol. The minimum Gasteiger partial charge on any atom is -0.457 e. The van der Waals surface area contributed by atoms with E-state index >= 15 is 0 Å². The maximum atomic E-state index is 5.78. The zero-order chi connectivity index (χ0) is 12.1. The van der Waals surface area contributed by atoms with Gasteiger partial charge >= 0.3 is 0 Å². The lowest BCUT2D eigenvalue weighted by Gasteiger charge is -2.08. The molecule has 0 aliphatic heterocycles. The third-order valence-corrected chi connectivity index (χ3v) is 2.59. The summed E-state index contributed by atoms with van der Waals surface area (Å²) < 4.78 is 5.78. The van der Waals surface area contributed by atoms with Crippen LogP contribution in [0.15, 0.2) is 54.6 Å². The van der Waals surface area contributed by atoms with Crippen LogP contribution in [0.3, 0.4) is 0 Å². The number of hydrogen-bond acceptors (Lipinski definition) is 2. The standard InChI is InChI=1S/C15H16OS/c1-12(17)10-13-6-5-9-15(11-13)16-14-7-3-2-4-8-14/h2-9,11-12,17H,10H2,1H3. The summed E-state index contributed by atoms with van der Waals surface area (Å²) in [6.07, 6.45) is 0.953. The number of benzene rings is 2. The van der Waals surface area contributed by atoms with Crippen LogP contribution in [0, 0.1) is 0 Å². The van der Waals surface area contributed by atoms with E-state index in [4.69, 9.17) is 4.74 Å². The highest BCUT2D eigenvalue weighted by Gasteiger charge is 2.01. The van der Waals surface area contributed by atoms with Gasteiger partial charge in [-0.2, -0.15) is 12.6 Å². The first-order valence-corrected chi connectivity index (χ1v) is 6.25. The highest BCUT2D eigenvalue weighted by molar-refractivity contribution is 7.80. The fourth-order valence-electron chi connectivity index (χ4n) is 1.70. The van der Waals surface area contributed by atoms with E-state index in [0.717, 1.165) is 17.9 Å². The molecule has 1 nitrogen and oxygen atoms in total. The van der Waals surface area contributed by atoms with Crippen LogP contribution < -0.4 is 4.74 Å². The molecule has 1 atom stereocenters. The third kappa shape index (κ3) is 3.82. The summed E-state index contributed by atoms with van der Waals surface area (Å²) in [6, 6.07) is 18.0. The van der Waals surface area contributed by atoms with E-state index in [2.05, 4.69) is 31.7 Å². The SMILES string of the molecule is CC(S)Cc1cccc(Oc2ccccc2)c1. The van der Waals surface area contributed by atoms with Crippen molar-refractivity contribution in [3.05, 3.63) is 60.2 Å². The van der Waals surface area contributed by atoms with Crippen molar-refractivity contribution in [1.29, 1.82) is 0 Å². The molecule has 0 spiro atoms. The number of thiol groups is 1. The second-order valence-electron chi connectivity index (χ2n) is 4.12. The van der Waals surface area contributed by atoms with E-state index in [-0.39, 0.29) is 0 Å². The van der Waals surface area contributed by atoms with Gasteiger partial charge in [0.25, 0.3) is 0 Å². The Bertz CT molecular complexity index is 465. The van der Waals surface area contributed by atoms with E-state index in [0.29, 0.717) is 5.25 Å². The number of rotatable bonds is 4. The number of ether oxygens (including phenoxy) is 1. The molecular weight excluding hydrogens is 228 g/mol. The second-order valence-corrected chi connectivity index (χ2v) is 5.00. The number of hydrogen-bond donors (Lipinski definition) is 1. The van der Waals surface area contributed by atoms with Gasteiger partial charge in [0.2, 0.25) is 0 Å². The van der Waals surface area contributed by atoms with Crippen LogP contribution in [-0.2, 0) is 6.42 Å². The molecule has 0 N–H and O–H groups in total. The van der Waals surface area contributed by atoms with Crippen LogP contribution in [-0.4, -0.2) is 5.25 Å². The monoisotopic (exact) mass is 244 g/mol. The van der Waals surface area contributed by atoms with Crippen molar-refractivity contribution < 1.29 is 4.74 Å². The van der Waals surface area contributed by atoms with Crippen LogP contribution in [0.1, 0.15) is 12.5 Å². The molecule has 1 unspecified atom stereocenters. The molecule has 2 aromatic carbocycles. The Morgan fingerprint density at radius 3 is 2.41 bits per heavy atom. The predicted octanol–water partition coefficient (Wildman–Crippen LogP) is 4.34. The van der Waals surface area contributed by atoms with Crippen molar-refractivity contribution in [3.8, 4) is 11.5 Å². The molecule has 0 aliphatic rings. The molecule has 0 aromatic heterocycles. The van der Waals surface area contributed by atoms with Crippen LogP contribution >= 0.6 is 12.6 Å². The molecule has 17 heavy (non-hydrogen) atoms. The molecule has 0 aliphatic carbocycles. The molecular formula is C15H16OS. The molecule has 0 amide bonds. The molecule has 2 heteroatoms. The van der Waals surface area contributed by atoms with E-state index in [1.807, 2.05) is 42.5 Å². The minimum absolute atomic E-state index is 0.363. The van der Waals surface area contributed by atoms with Crippen molar-refractivity contribution in [2.24, 2.45) is 0 Å².